The molecule has 5 rings (SSSR count). The molecule has 2 unspecified atom stereocenters. The summed E-state index contributed by atoms with van der Waals surface area (Å²) >= 11 is 0. The maximum absolute atomic E-state index is 12.7. The number of pyridine rings is 1. The molecule has 1 amide bonds. The molecule has 2 atom stereocenters. The molecule has 0 spiro atoms. The van der Waals surface area contributed by atoms with Crippen LogP contribution in [-0.2, 0) is 6.54 Å². The number of halogens is 3. The van der Waals surface area contributed by atoms with Crippen molar-refractivity contribution in [3.63, 3.8) is 0 Å². The quantitative estimate of drug-likeness (QED) is 0.396. The number of alkyl halides is 3. The molecule has 192 valence electrons. The van der Waals surface area contributed by atoms with Crippen LogP contribution in [0.2, 0.25) is 0 Å². The van der Waals surface area contributed by atoms with Crippen molar-refractivity contribution < 1.29 is 27.6 Å². The Kier molecular flexibility index (Phi) is 6.10. The van der Waals surface area contributed by atoms with E-state index in [-0.39, 0.29) is 34.3 Å². The zero-order valence-electron chi connectivity index (χ0n) is 19.3. The highest BCUT2D eigenvalue weighted by atomic mass is 19.4. The first-order valence-electron chi connectivity index (χ1n) is 11.5. The van der Waals surface area contributed by atoms with E-state index in [9.17, 15) is 32.9 Å². The molecule has 3 heterocycles. The Morgan fingerprint density at radius 2 is 1.81 bits per heavy atom. The Morgan fingerprint density at radius 3 is 2.51 bits per heavy atom. The first-order chi connectivity index (χ1) is 17.6. The number of benzene rings is 2. The molecule has 0 radical (unpaired) electrons. The zero-order valence-corrected chi connectivity index (χ0v) is 19.3. The molecular formula is C25H21F3N4O5. The molecule has 1 fully saturated rings. The lowest BCUT2D eigenvalue weighted by Gasteiger charge is -2.43. The van der Waals surface area contributed by atoms with Crippen LogP contribution < -0.4 is 20.5 Å². The molecule has 3 aromatic rings. The monoisotopic (exact) mass is 514 g/mol. The van der Waals surface area contributed by atoms with Gasteiger partial charge < -0.3 is 19.5 Å². The van der Waals surface area contributed by atoms with Gasteiger partial charge in [-0.25, -0.2) is 0 Å². The highest BCUT2D eigenvalue weighted by Gasteiger charge is 2.36. The summed E-state index contributed by atoms with van der Waals surface area (Å²) in [4.78, 5) is 38.3. The Labute approximate surface area is 208 Å². The van der Waals surface area contributed by atoms with Gasteiger partial charge in [0.1, 0.15) is 11.4 Å². The third-order valence-corrected chi connectivity index (χ3v) is 6.60. The van der Waals surface area contributed by atoms with Gasteiger partial charge in [0.15, 0.2) is 0 Å². The van der Waals surface area contributed by atoms with Crippen LogP contribution in [0, 0.1) is 16.0 Å². The maximum Gasteiger partial charge on any atom is 0.573 e. The lowest BCUT2D eigenvalue weighted by Crippen LogP contribution is -2.47. The molecule has 9 nitrogen and oxygen atoms in total. The van der Waals surface area contributed by atoms with Gasteiger partial charge in [-0.3, -0.25) is 19.7 Å². The minimum Gasteiger partial charge on any atom is -0.406 e. The number of carbonyl (C=O) groups is 1. The number of hydrogen-bond donors (Lipinski definition) is 1. The molecule has 0 saturated carbocycles. The van der Waals surface area contributed by atoms with Gasteiger partial charge in [0, 0.05) is 54.6 Å². The summed E-state index contributed by atoms with van der Waals surface area (Å²) < 4.78 is 42.6. The molecule has 1 N–H and O–H groups in total. The van der Waals surface area contributed by atoms with E-state index in [1.165, 1.54) is 36.4 Å². The Balaban J connectivity index is 1.35. The summed E-state index contributed by atoms with van der Waals surface area (Å²) in [6, 6.07) is 13.9. The van der Waals surface area contributed by atoms with Crippen LogP contribution in [0.1, 0.15) is 28.4 Å². The number of rotatable bonds is 5. The second kappa shape index (κ2) is 9.26. The first kappa shape index (κ1) is 24.3. The van der Waals surface area contributed by atoms with Crippen LogP contribution in [0.15, 0.2) is 65.5 Å². The summed E-state index contributed by atoms with van der Waals surface area (Å²) in [5, 5.41) is 14.5. The van der Waals surface area contributed by atoms with Gasteiger partial charge in [-0.15, -0.1) is 13.2 Å². The number of ether oxygens (including phenoxy) is 1. The van der Waals surface area contributed by atoms with E-state index in [1.807, 2.05) is 11.0 Å². The average molecular weight is 514 g/mol. The fourth-order valence-electron chi connectivity index (χ4n) is 5.11. The van der Waals surface area contributed by atoms with Gasteiger partial charge in [0.05, 0.1) is 4.92 Å². The number of amides is 1. The number of carbonyl (C=O) groups excluding carboxylic acids is 1. The van der Waals surface area contributed by atoms with E-state index >= 15 is 0 Å². The summed E-state index contributed by atoms with van der Waals surface area (Å²) in [6.45, 7) is 1.58. The molecule has 2 aliphatic rings. The van der Waals surface area contributed by atoms with E-state index in [0.29, 0.717) is 25.3 Å². The van der Waals surface area contributed by atoms with Gasteiger partial charge in [0.25, 0.3) is 17.2 Å². The lowest BCUT2D eigenvalue weighted by molar-refractivity contribution is -0.384. The molecule has 2 bridgehead atoms. The highest BCUT2D eigenvalue weighted by Crippen LogP contribution is 2.40. The third-order valence-electron chi connectivity index (χ3n) is 6.60. The minimum absolute atomic E-state index is 0.0279. The van der Waals surface area contributed by atoms with Crippen molar-refractivity contribution in [2.75, 3.05) is 23.3 Å². The number of nitrogens with zero attached hydrogens (tertiary/aromatic N) is 3. The summed E-state index contributed by atoms with van der Waals surface area (Å²) in [5.41, 5.74) is 1.25. The van der Waals surface area contributed by atoms with Crippen LogP contribution in [0.4, 0.5) is 30.2 Å². The minimum atomic E-state index is -4.83. The van der Waals surface area contributed by atoms with E-state index in [2.05, 4.69) is 10.1 Å². The van der Waals surface area contributed by atoms with Gasteiger partial charge >= 0.3 is 6.36 Å². The molecule has 0 aliphatic carbocycles. The zero-order chi connectivity index (χ0) is 26.3. The number of anilines is 2. The molecular weight excluding hydrogens is 493 g/mol. The van der Waals surface area contributed by atoms with E-state index in [0.717, 1.165) is 24.2 Å². The second-order valence-electron chi connectivity index (χ2n) is 9.09. The Morgan fingerprint density at radius 1 is 1.05 bits per heavy atom. The van der Waals surface area contributed by atoms with Gasteiger partial charge in [0.2, 0.25) is 0 Å². The van der Waals surface area contributed by atoms with Crippen molar-refractivity contribution in [1.82, 2.24) is 4.57 Å². The average Bonchev–Trinajstić information content (AvgIpc) is 2.84. The SMILES string of the molecule is O=C(Nc1ccc(OC(F)(F)F)cc1)c1ccc(N2CC3CC(C2)c2cccc(=O)n2C3)c([N+](=O)[O-])c1. The van der Waals surface area contributed by atoms with Crippen molar-refractivity contribution in [3.8, 4) is 5.75 Å². The fourth-order valence-corrected chi connectivity index (χ4v) is 5.11. The number of fused-ring (bicyclic) bond motifs is 4. The highest BCUT2D eigenvalue weighted by molar-refractivity contribution is 6.05. The smallest absolute Gasteiger partial charge is 0.406 e. The summed E-state index contributed by atoms with van der Waals surface area (Å²) in [5.74, 6) is -0.890. The van der Waals surface area contributed by atoms with E-state index in [1.54, 1.807) is 10.6 Å². The van der Waals surface area contributed by atoms with Gasteiger partial charge in [-0.05, 0) is 54.8 Å². The van der Waals surface area contributed by atoms with Gasteiger partial charge in [-0.2, -0.15) is 0 Å². The Bertz CT molecular complexity index is 1420. The fraction of sp³-hybridized carbons (Fsp3) is 0.280. The number of aromatic nitrogens is 1. The van der Waals surface area contributed by atoms with E-state index in [4.69, 9.17) is 0 Å². The molecule has 12 heteroatoms. The number of piperidine rings is 1. The van der Waals surface area contributed by atoms with Crippen LogP contribution in [-0.4, -0.2) is 34.8 Å². The van der Waals surface area contributed by atoms with Crippen molar-refractivity contribution >= 4 is 23.0 Å². The largest absolute Gasteiger partial charge is 0.573 e. The Hall–Kier alpha value is -4.35. The normalized spacial score (nSPS) is 18.6. The van der Waals surface area contributed by atoms with Crippen molar-refractivity contribution in [2.24, 2.45) is 5.92 Å². The number of nitrogens with one attached hydrogen (secondary N) is 1. The number of nitro groups is 1. The second-order valence-corrected chi connectivity index (χ2v) is 9.09. The molecule has 37 heavy (non-hydrogen) atoms. The number of hydrogen-bond acceptors (Lipinski definition) is 6. The van der Waals surface area contributed by atoms with Gasteiger partial charge in [-0.1, -0.05) is 6.07 Å². The van der Waals surface area contributed by atoms with Crippen molar-refractivity contribution in [1.29, 1.82) is 0 Å². The lowest BCUT2D eigenvalue weighted by atomic mass is 9.83. The van der Waals surface area contributed by atoms with Crippen LogP contribution in [0.5, 0.6) is 5.75 Å². The molecule has 1 saturated heterocycles. The third kappa shape index (κ3) is 5.13. The van der Waals surface area contributed by atoms with Crippen molar-refractivity contribution in [3.05, 3.63) is 92.4 Å². The van der Waals surface area contributed by atoms with Crippen LogP contribution in [0.25, 0.3) is 0 Å². The molecule has 2 aliphatic heterocycles. The summed E-state index contributed by atoms with van der Waals surface area (Å²) in [7, 11) is 0. The molecule has 1 aromatic heterocycles. The summed E-state index contributed by atoms with van der Waals surface area (Å²) in [6.07, 6.45) is -3.94. The van der Waals surface area contributed by atoms with Crippen LogP contribution >= 0.6 is 0 Å². The standard InChI is InChI=1S/C25H21F3N4O5/c26-25(27,28)37-19-7-5-18(6-8-19)29-24(34)16-4-9-21(22(11-16)32(35)36)30-12-15-10-17(14-30)20-2-1-3-23(33)31(20)13-15/h1-9,11,15,17H,10,12-14H2,(H,29,34). The predicted molar refractivity (Wildman–Crippen MR) is 128 cm³/mol. The first-order valence-corrected chi connectivity index (χ1v) is 11.5. The topological polar surface area (TPSA) is 107 Å². The van der Waals surface area contributed by atoms with Crippen molar-refractivity contribution in [2.45, 2.75) is 25.2 Å². The van der Waals surface area contributed by atoms with E-state index < -0.39 is 22.9 Å². The van der Waals surface area contributed by atoms with Crippen LogP contribution in [0.3, 0.4) is 0 Å². The maximum atomic E-state index is 12.7. The number of nitro benzene ring substituents is 1. The molecule has 2 aromatic carbocycles. The predicted octanol–water partition coefficient (Wildman–Crippen LogP) is 4.53.